The van der Waals surface area contributed by atoms with Gasteiger partial charge < -0.3 is 14.5 Å². The van der Waals surface area contributed by atoms with Crippen molar-refractivity contribution in [3.63, 3.8) is 0 Å². The molecule has 0 spiro atoms. The first-order chi connectivity index (χ1) is 14.0. The average molecular weight is 392 g/mol. The zero-order valence-corrected chi connectivity index (χ0v) is 17.3. The fourth-order valence-corrected chi connectivity index (χ4v) is 4.70. The number of fused-ring (bicyclic) bond motifs is 3. The van der Waals surface area contributed by atoms with E-state index in [2.05, 4.69) is 53.7 Å². The van der Waals surface area contributed by atoms with E-state index < -0.39 is 0 Å². The minimum absolute atomic E-state index is 0.275. The van der Waals surface area contributed by atoms with Gasteiger partial charge in [-0.2, -0.15) is 0 Å². The molecule has 4 rings (SSSR count). The van der Waals surface area contributed by atoms with Gasteiger partial charge in [-0.1, -0.05) is 24.3 Å². The highest BCUT2D eigenvalue weighted by molar-refractivity contribution is 5.70. The summed E-state index contributed by atoms with van der Waals surface area (Å²) in [5, 5.41) is 0. The maximum Gasteiger partial charge on any atom is 0.414 e. The summed E-state index contributed by atoms with van der Waals surface area (Å²) >= 11 is 0. The molecule has 1 amide bonds. The highest BCUT2D eigenvalue weighted by Crippen LogP contribution is 2.44. The molecule has 0 bridgehead atoms. The summed E-state index contributed by atoms with van der Waals surface area (Å²) < 4.78 is 5.31. The predicted molar refractivity (Wildman–Crippen MR) is 115 cm³/mol. The Hall–Kier alpha value is -2.82. The molecule has 1 aromatic heterocycles. The number of ether oxygens (including phenoxy) is 1. The van der Waals surface area contributed by atoms with E-state index in [1.54, 1.807) is 6.92 Å². The van der Waals surface area contributed by atoms with Crippen LogP contribution in [0, 0.1) is 6.92 Å². The Kier molecular flexibility index (Phi) is 5.56. The summed E-state index contributed by atoms with van der Waals surface area (Å²) in [5.41, 5.74) is 5.24. The van der Waals surface area contributed by atoms with Gasteiger partial charge in [0, 0.05) is 49.7 Å². The minimum Gasteiger partial charge on any atom is -0.416 e. The van der Waals surface area contributed by atoms with Gasteiger partial charge in [-0.3, -0.25) is 4.98 Å². The van der Waals surface area contributed by atoms with Gasteiger partial charge in [0.2, 0.25) is 0 Å². The summed E-state index contributed by atoms with van der Waals surface area (Å²) in [6, 6.07) is 11.3. The highest BCUT2D eigenvalue weighted by Gasteiger charge is 2.41. The molecule has 1 saturated heterocycles. The summed E-state index contributed by atoms with van der Waals surface area (Å²) in [6.07, 6.45) is 6.48. The van der Waals surface area contributed by atoms with Crippen LogP contribution in [0.3, 0.4) is 0 Å². The Bertz CT molecular complexity index is 896. The van der Waals surface area contributed by atoms with E-state index in [4.69, 9.17) is 4.74 Å². The third-order valence-electron chi connectivity index (χ3n) is 6.01. The first-order valence-corrected chi connectivity index (χ1v) is 10.4. The van der Waals surface area contributed by atoms with Gasteiger partial charge in [0.25, 0.3) is 0 Å². The van der Waals surface area contributed by atoms with E-state index in [9.17, 15) is 4.79 Å². The van der Waals surface area contributed by atoms with E-state index in [0.29, 0.717) is 24.3 Å². The first-order valence-electron chi connectivity index (χ1n) is 10.4. The molecule has 2 aliphatic rings. The maximum absolute atomic E-state index is 12.5. The number of aromatic nitrogens is 1. The lowest BCUT2D eigenvalue weighted by atomic mass is 9.92. The van der Waals surface area contributed by atoms with Crippen molar-refractivity contribution in [2.45, 2.75) is 45.1 Å². The summed E-state index contributed by atoms with van der Waals surface area (Å²) in [5.74, 6) is 0.750. The molecule has 5 nitrogen and oxygen atoms in total. The molecule has 29 heavy (non-hydrogen) atoms. The van der Waals surface area contributed by atoms with Crippen LogP contribution in [0.15, 0.2) is 55.1 Å². The molecule has 0 saturated carbocycles. The van der Waals surface area contributed by atoms with Crippen LogP contribution < -0.4 is 4.90 Å². The largest absolute Gasteiger partial charge is 0.416 e. The topological polar surface area (TPSA) is 45.7 Å². The van der Waals surface area contributed by atoms with Gasteiger partial charge in [-0.15, -0.1) is 0 Å². The molecule has 1 fully saturated rings. The SMILES string of the molecule is C=C(C)OC(=O)N1CCC[C@H]2[C@@H](C1)c1cc(C)ccc1N2CCc1ccncc1. The smallest absolute Gasteiger partial charge is 0.414 e. The molecule has 0 aliphatic carbocycles. The zero-order chi connectivity index (χ0) is 20.4. The van der Waals surface area contributed by atoms with Gasteiger partial charge in [0.15, 0.2) is 0 Å². The standard InChI is InChI=1S/C24H29N3O2/c1-17(2)29-24(28)26-13-4-5-22-21(16-26)20-15-18(3)6-7-23(20)27(22)14-10-19-8-11-25-12-9-19/h6-9,11-12,15,21-22H,1,4-5,10,13-14,16H2,2-3H3/t21-,22-/m0/s1. The van der Waals surface area contributed by atoms with Crippen LogP contribution in [-0.2, 0) is 11.2 Å². The molecule has 152 valence electrons. The molecule has 2 aromatic rings. The summed E-state index contributed by atoms with van der Waals surface area (Å²) in [4.78, 5) is 21.1. The van der Waals surface area contributed by atoms with Crippen LogP contribution >= 0.6 is 0 Å². The maximum atomic E-state index is 12.5. The number of benzene rings is 1. The van der Waals surface area contributed by atoms with Crippen molar-refractivity contribution in [3.8, 4) is 0 Å². The van der Waals surface area contributed by atoms with E-state index in [1.165, 1.54) is 22.4 Å². The predicted octanol–water partition coefficient (Wildman–Crippen LogP) is 4.67. The van der Waals surface area contributed by atoms with E-state index in [0.717, 1.165) is 32.4 Å². The third-order valence-corrected chi connectivity index (χ3v) is 6.01. The fraction of sp³-hybridized carbons (Fsp3) is 0.417. The van der Waals surface area contributed by atoms with E-state index >= 15 is 0 Å². The van der Waals surface area contributed by atoms with Crippen molar-refractivity contribution in [2.75, 3.05) is 24.5 Å². The Balaban J connectivity index is 1.59. The molecule has 3 heterocycles. The summed E-state index contributed by atoms with van der Waals surface area (Å²) in [7, 11) is 0. The lowest BCUT2D eigenvalue weighted by molar-refractivity contribution is 0.128. The fourth-order valence-electron chi connectivity index (χ4n) is 4.70. The number of carbonyl (C=O) groups is 1. The van der Waals surface area contributed by atoms with Crippen molar-refractivity contribution < 1.29 is 9.53 Å². The molecule has 1 aromatic carbocycles. The lowest BCUT2D eigenvalue weighted by Crippen LogP contribution is -2.38. The molecule has 0 N–H and O–H groups in total. The van der Waals surface area contributed by atoms with Crippen molar-refractivity contribution in [2.24, 2.45) is 0 Å². The number of hydrogen-bond donors (Lipinski definition) is 0. The second kappa shape index (κ2) is 8.27. The van der Waals surface area contributed by atoms with Crippen molar-refractivity contribution >= 4 is 11.8 Å². The molecule has 0 radical (unpaired) electrons. The Morgan fingerprint density at radius 2 is 2.07 bits per heavy atom. The number of pyridine rings is 1. The number of hydrogen-bond acceptors (Lipinski definition) is 4. The Morgan fingerprint density at radius 1 is 1.28 bits per heavy atom. The average Bonchev–Trinajstić information content (AvgIpc) is 2.84. The van der Waals surface area contributed by atoms with E-state index in [-0.39, 0.29) is 6.09 Å². The molecular formula is C24H29N3O2. The van der Waals surface area contributed by atoms with Crippen LogP contribution in [0.1, 0.15) is 42.4 Å². The Labute approximate surface area is 173 Å². The number of aryl methyl sites for hydroxylation is 1. The number of nitrogens with zero attached hydrogens (tertiary/aromatic N) is 3. The van der Waals surface area contributed by atoms with Crippen LogP contribution in [0.25, 0.3) is 0 Å². The number of likely N-dealkylation sites (tertiary alicyclic amines) is 1. The highest BCUT2D eigenvalue weighted by atomic mass is 16.6. The normalized spacial score (nSPS) is 20.6. The van der Waals surface area contributed by atoms with Crippen molar-refractivity contribution in [3.05, 3.63) is 71.8 Å². The quantitative estimate of drug-likeness (QED) is 0.711. The first kappa shape index (κ1) is 19.5. The molecule has 5 heteroatoms. The zero-order valence-electron chi connectivity index (χ0n) is 17.3. The van der Waals surface area contributed by atoms with Crippen LogP contribution in [0.4, 0.5) is 10.5 Å². The minimum atomic E-state index is -0.275. The van der Waals surface area contributed by atoms with Crippen LogP contribution in [-0.4, -0.2) is 41.7 Å². The van der Waals surface area contributed by atoms with Crippen LogP contribution in [0.2, 0.25) is 0 Å². The van der Waals surface area contributed by atoms with Gasteiger partial charge >= 0.3 is 6.09 Å². The Morgan fingerprint density at radius 3 is 2.83 bits per heavy atom. The number of allylic oxidation sites excluding steroid dienone is 1. The van der Waals surface area contributed by atoms with Crippen molar-refractivity contribution in [1.29, 1.82) is 0 Å². The number of anilines is 1. The molecule has 2 aliphatic heterocycles. The van der Waals surface area contributed by atoms with Gasteiger partial charge in [0.05, 0.1) is 5.76 Å². The molecular weight excluding hydrogens is 362 g/mol. The van der Waals surface area contributed by atoms with Gasteiger partial charge in [0.1, 0.15) is 0 Å². The molecule has 0 unspecified atom stereocenters. The van der Waals surface area contributed by atoms with Gasteiger partial charge in [-0.25, -0.2) is 4.79 Å². The molecule has 2 atom stereocenters. The van der Waals surface area contributed by atoms with Crippen LogP contribution in [0.5, 0.6) is 0 Å². The van der Waals surface area contributed by atoms with Crippen molar-refractivity contribution in [1.82, 2.24) is 9.88 Å². The third kappa shape index (κ3) is 4.14. The number of carbonyl (C=O) groups excluding carboxylic acids is 1. The second-order valence-corrected chi connectivity index (χ2v) is 8.19. The summed E-state index contributed by atoms with van der Waals surface area (Å²) in [6.45, 7) is 9.96. The second-order valence-electron chi connectivity index (χ2n) is 8.19. The number of rotatable bonds is 4. The van der Waals surface area contributed by atoms with E-state index in [1.807, 2.05) is 17.3 Å². The van der Waals surface area contributed by atoms with Gasteiger partial charge in [-0.05, 0) is 62.4 Å². The number of amides is 1. The lowest BCUT2D eigenvalue weighted by Gasteiger charge is -2.30. The monoisotopic (exact) mass is 391 g/mol.